The van der Waals surface area contributed by atoms with Gasteiger partial charge in [0.25, 0.3) is 0 Å². The van der Waals surface area contributed by atoms with E-state index in [0.717, 1.165) is 6.42 Å². The topological polar surface area (TPSA) is 47.3 Å². The third-order valence-corrected chi connectivity index (χ3v) is 2.82. The molecular weight excluding hydrogens is 202 g/mol. The van der Waals surface area contributed by atoms with E-state index in [1.165, 1.54) is 4.73 Å². The third kappa shape index (κ3) is 3.74. The first-order chi connectivity index (χ1) is 6.64. The van der Waals surface area contributed by atoms with Gasteiger partial charge in [0.1, 0.15) is 0 Å². The fraction of sp³-hybridized carbons (Fsp3) is 0.444. The highest BCUT2D eigenvalue weighted by atomic mass is 32.2. The Bertz CT molecular complexity index is 361. The molecular formula is C9H14NO3S+. The van der Waals surface area contributed by atoms with Gasteiger partial charge in [0, 0.05) is 16.9 Å². The maximum absolute atomic E-state index is 11.3. The molecule has 0 aliphatic heterocycles. The lowest BCUT2D eigenvalue weighted by Gasteiger charge is -1.98. The van der Waals surface area contributed by atoms with E-state index in [0.29, 0.717) is 6.42 Å². The van der Waals surface area contributed by atoms with Crippen molar-refractivity contribution < 1.29 is 17.4 Å². The summed E-state index contributed by atoms with van der Waals surface area (Å²) < 4.78 is 28.6. The lowest BCUT2D eigenvalue weighted by Crippen LogP contribution is -2.45. The number of hydrogen-bond donors (Lipinski definition) is 0. The van der Waals surface area contributed by atoms with Gasteiger partial charge in [-0.25, -0.2) is 0 Å². The molecule has 0 amide bonds. The van der Waals surface area contributed by atoms with Crippen LogP contribution in [-0.4, -0.2) is 14.2 Å². The van der Waals surface area contributed by atoms with Crippen LogP contribution in [0.25, 0.3) is 0 Å². The van der Waals surface area contributed by atoms with Crippen LogP contribution in [0.4, 0.5) is 0 Å². The summed E-state index contributed by atoms with van der Waals surface area (Å²) >= 11 is 0. The molecule has 14 heavy (non-hydrogen) atoms. The first-order valence-electron chi connectivity index (χ1n) is 4.53. The van der Waals surface area contributed by atoms with E-state index in [-0.39, 0.29) is 5.75 Å². The van der Waals surface area contributed by atoms with Crippen LogP contribution in [0.1, 0.15) is 19.8 Å². The monoisotopic (exact) mass is 216 g/mol. The molecule has 0 saturated heterocycles. The average molecular weight is 216 g/mol. The molecule has 0 saturated carbocycles. The molecule has 0 spiro atoms. The van der Waals surface area contributed by atoms with Gasteiger partial charge in [0.2, 0.25) is 12.4 Å². The van der Waals surface area contributed by atoms with Gasteiger partial charge in [-0.2, -0.15) is 8.42 Å². The molecule has 0 N–H and O–H groups in total. The van der Waals surface area contributed by atoms with Crippen molar-refractivity contribution in [1.82, 2.24) is 0 Å². The number of hydrogen-bond acceptors (Lipinski definition) is 3. The van der Waals surface area contributed by atoms with Crippen LogP contribution in [-0.2, 0) is 10.1 Å². The van der Waals surface area contributed by atoms with E-state index in [4.69, 9.17) is 4.28 Å². The molecule has 0 aliphatic rings. The number of pyridine rings is 1. The molecule has 0 atom stereocenters. The Hall–Kier alpha value is -1.10. The molecule has 78 valence electrons. The third-order valence-electron chi connectivity index (χ3n) is 1.64. The largest absolute Gasteiger partial charge is 0.367 e. The van der Waals surface area contributed by atoms with E-state index < -0.39 is 10.1 Å². The van der Waals surface area contributed by atoms with Gasteiger partial charge in [-0.3, -0.25) is 0 Å². The van der Waals surface area contributed by atoms with Crippen LogP contribution in [0.2, 0.25) is 0 Å². The number of unbranched alkanes of at least 4 members (excludes halogenated alkanes) is 1. The Morgan fingerprint density at radius 2 is 1.86 bits per heavy atom. The van der Waals surface area contributed by atoms with Crippen LogP contribution < -0.4 is 9.01 Å². The van der Waals surface area contributed by atoms with Crippen LogP contribution in [0.5, 0.6) is 0 Å². The minimum absolute atomic E-state index is 0.0609. The molecule has 4 nitrogen and oxygen atoms in total. The Morgan fingerprint density at radius 3 is 2.43 bits per heavy atom. The highest BCUT2D eigenvalue weighted by Gasteiger charge is 2.16. The Morgan fingerprint density at radius 1 is 1.21 bits per heavy atom. The zero-order chi connectivity index (χ0) is 10.4. The minimum Gasteiger partial charge on any atom is -0.181 e. The van der Waals surface area contributed by atoms with Crippen molar-refractivity contribution in [3.8, 4) is 0 Å². The van der Waals surface area contributed by atoms with Crippen LogP contribution in [0, 0.1) is 0 Å². The molecule has 0 bridgehead atoms. The maximum atomic E-state index is 11.3. The Kier molecular flexibility index (Phi) is 3.88. The van der Waals surface area contributed by atoms with Crippen molar-refractivity contribution in [2.75, 3.05) is 5.75 Å². The second-order valence-corrected chi connectivity index (χ2v) is 4.60. The maximum Gasteiger partial charge on any atom is 0.367 e. The standard InChI is InChI=1S/C9H14NO3S/c1-2-3-9-14(11,12)13-10-7-5-4-6-8-10/h4-8H,2-3,9H2,1H3/q+1. The van der Waals surface area contributed by atoms with Crippen molar-refractivity contribution in [3.05, 3.63) is 30.6 Å². The van der Waals surface area contributed by atoms with Crippen molar-refractivity contribution in [2.24, 2.45) is 0 Å². The first-order valence-corrected chi connectivity index (χ1v) is 6.11. The summed E-state index contributed by atoms with van der Waals surface area (Å²) in [5.41, 5.74) is 0. The van der Waals surface area contributed by atoms with E-state index in [2.05, 4.69) is 0 Å². The minimum atomic E-state index is -3.43. The van der Waals surface area contributed by atoms with Gasteiger partial charge in [-0.1, -0.05) is 19.4 Å². The summed E-state index contributed by atoms with van der Waals surface area (Å²) in [6.45, 7) is 1.94. The zero-order valence-electron chi connectivity index (χ0n) is 8.09. The zero-order valence-corrected chi connectivity index (χ0v) is 8.90. The van der Waals surface area contributed by atoms with Gasteiger partial charge in [0.15, 0.2) is 0 Å². The summed E-state index contributed by atoms with van der Waals surface area (Å²) in [5, 5.41) is 0. The first kappa shape index (κ1) is 11.0. The quantitative estimate of drug-likeness (QED) is 0.675. The fourth-order valence-electron chi connectivity index (χ4n) is 0.922. The molecule has 0 aromatic carbocycles. The highest BCUT2D eigenvalue weighted by Crippen LogP contribution is 1.93. The van der Waals surface area contributed by atoms with Gasteiger partial charge < -0.3 is 0 Å². The van der Waals surface area contributed by atoms with Gasteiger partial charge in [-0.05, 0) is 6.42 Å². The van der Waals surface area contributed by atoms with Crippen LogP contribution in [0.3, 0.4) is 0 Å². The van der Waals surface area contributed by atoms with E-state index >= 15 is 0 Å². The molecule has 1 rings (SSSR count). The summed E-state index contributed by atoms with van der Waals surface area (Å²) in [4.78, 5) is 0. The normalized spacial score (nSPS) is 11.2. The van der Waals surface area contributed by atoms with Crippen molar-refractivity contribution in [2.45, 2.75) is 19.8 Å². The van der Waals surface area contributed by atoms with Crippen molar-refractivity contribution in [1.29, 1.82) is 0 Å². The predicted octanol–water partition coefficient (Wildman–Crippen LogP) is 0.533. The molecule has 5 heteroatoms. The highest BCUT2D eigenvalue weighted by molar-refractivity contribution is 7.86. The Balaban J connectivity index is 2.60. The van der Waals surface area contributed by atoms with Gasteiger partial charge in [-0.15, -0.1) is 4.28 Å². The second-order valence-electron chi connectivity index (χ2n) is 2.93. The van der Waals surface area contributed by atoms with E-state index in [1.807, 2.05) is 6.92 Å². The molecule has 0 unspecified atom stereocenters. The fourth-order valence-corrected chi connectivity index (χ4v) is 2.00. The molecule has 1 aromatic rings. The molecule has 0 radical (unpaired) electrons. The van der Waals surface area contributed by atoms with Crippen molar-refractivity contribution >= 4 is 10.1 Å². The lowest BCUT2D eigenvalue weighted by molar-refractivity contribution is -0.856. The molecule has 1 aromatic heterocycles. The lowest BCUT2D eigenvalue weighted by atomic mass is 10.4. The van der Waals surface area contributed by atoms with Crippen LogP contribution in [0.15, 0.2) is 30.6 Å². The van der Waals surface area contributed by atoms with Crippen LogP contribution >= 0.6 is 0 Å². The summed E-state index contributed by atoms with van der Waals surface area (Å²) in [6, 6.07) is 5.20. The van der Waals surface area contributed by atoms with Gasteiger partial charge in [0.05, 0.1) is 5.75 Å². The van der Waals surface area contributed by atoms with E-state index in [1.54, 1.807) is 30.6 Å². The molecule has 1 heterocycles. The van der Waals surface area contributed by atoms with Gasteiger partial charge >= 0.3 is 10.1 Å². The summed E-state index contributed by atoms with van der Waals surface area (Å²) in [5.74, 6) is 0.0609. The SMILES string of the molecule is CCCCS(=O)(=O)O[n+]1ccccc1. The number of aromatic nitrogens is 1. The number of nitrogens with zero attached hydrogens (tertiary/aromatic N) is 1. The number of rotatable bonds is 5. The summed E-state index contributed by atoms with van der Waals surface area (Å²) in [6.07, 6.45) is 4.55. The smallest absolute Gasteiger partial charge is 0.181 e. The van der Waals surface area contributed by atoms with Crippen molar-refractivity contribution in [3.63, 3.8) is 0 Å². The molecule has 0 aliphatic carbocycles. The summed E-state index contributed by atoms with van der Waals surface area (Å²) in [7, 11) is -3.43. The average Bonchev–Trinajstić information content (AvgIpc) is 2.16. The van der Waals surface area contributed by atoms with E-state index in [9.17, 15) is 8.42 Å². The Labute approximate surface area is 84.2 Å². The predicted molar refractivity (Wildman–Crippen MR) is 51.9 cm³/mol. The molecule has 0 fully saturated rings. The second kappa shape index (κ2) is 4.95.